The molecule has 0 spiro atoms. The largest absolute Gasteiger partial charge is 0.263 e. The number of nitrogens with zero attached hydrogens (tertiary/aromatic N) is 3. The van der Waals surface area contributed by atoms with Crippen molar-refractivity contribution in [3.63, 3.8) is 0 Å². The molecule has 0 amide bonds. The van der Waals surface area contributed by atoms with Crippen LogP contribution in [0.2, 0.25) is 0 Å². The van der Waals surface area contributed by atoms with Gasteiger partial charge in [0, 0.05) is 23.6 Å². The summed E-state index contributed by atoms with van der Waals surface area (Å²) in [7, 11) is 0. The van der Waals surface area contributed by atoms with Gasteiger partial charge in [-0.1, -0.05) is 6.07 Å². The number of hydrogen-bond donors (Lipinski definition) is 0. The van der Waals surface area contributed by atoms with E-state index < -0.39 is 0 Å². The fourth-order valence-electron chi connectivity index (χ4n) is 6.02. The Hall–Kier alpha value is -1.90. The van der Waals surface area contributed by atoms with Crippen LogP contribution in [0, 0.1) is 17.3 Å². The first-order chi connectivity index (χ1) is 13.6. The van der Waals surface area contributed by atoms with Crippen LogP contribution in [0.5, 0.6) is 0 Å². The minimum Gasteiger partial charge on any atom is -0.263 e. The number of pyridine rings is 1. The molecule has 2 unspecified atom stereocenters. The molecule has 3 nitrogen and oxygen atoms in total. The minimum atomic E-state index is 0.385. The second-order valence-electron chi connectivity index (χ2n) is 10.1. The van der Waals surface area contributed by atoms with Gasteiger partial charge in [-0.3, -0.25) is 9.67 Å². The van der Waals surface area contributed by atoms with Crippen LogP contribution in [0.25, 0.3) is 12.2 Å². The number of rotatable bonds is 6. The lowest BCUT2D eigenvalue weighted by Crippen LogP contribution is -2.50. The maximum Gasteiger partial charge on any atom is 0.0661 e. The fourth-order valence-corrected chi connectivity index (χ4v) is 6.02. The van der Waals surface area contributed by atoms with E-state index in [-0.39, 0.29) is 0 Å². The highest BCUT2D eigenvalue weighted by atomic mass is 15.3. The van der Waals surface area contributed by atoms with E-state index in [0.29, 0.717) is 12.0 Å². The van der Waals surface area contributed by atoms with Crippen LogP contribution in [0.15, 0.2) is 24.3 Å². The second-order valence-corrected chi connectivity index (χ2v) is 10.1. The Morgan fingerprint density at radius 1 is 1.07 bits per heavy atom. The second kappa shape index (κ2) is 6.05. The summed E-state index contributed by atoms with van der Waals surface area (Å²) in [6.45, 7) is 4.42. The van der Waals surface area contributed by atoms with Gasteiger partial charge in [0.15, 0.2) is 0 Å². The molecule has 2 atom stereocenters. The monoisotopic (exact) mass is 373 g/mol. The highest BCUT2D eigenvalue weighted by Gasteiger charge is 2.64. The van der Waals surface area contributed by atoms with Crippen LogP contribution >= 0.6 is 0 Å². The highest BCUT2D eigenvalue weighted by molar-refractivity contribution is 5.66. The SMILES string of the molecule is CC(C)n1nc(C2CC2)cc1/C=C/c1cccc(C2CC2C23CCC2CC3)n1. The molecule has 0 saturated heterocycles. The summed E-state index contributed by atoms with van der Waals surface area (Å²) in [6.07, 6.45) is 14.3. The Bertz CT molecular complexity index is 925. The lowest BCUT2D eigenvalue weighted by Gasteiger charge is -2.60. The zero-order chi connectivity index (χ0) is 18.9. The molecule has 28 heavy (non-hydrogen) atoms. The molecule has 4 aliphatic rings. The molecule has 3 heteroatoms. The van der Waals surface area contributed by atoms with Crippen LogP contribution in [0.1, 0.15) is 99.4 Å². The van der Waals surface area contributed by atoms with Gasteiger partial charge >= 0.3 is 0 Å². The van der Waals surface area contributed by atoms with Crippen molar-refractivity contribution < 1.29 is 0 Å². The summed E-state index contributed by atoms with van der Waals surface area (Å²) >= 11 is 0. The summed E-state index contributed by atoms with van der Waals surface area (Å²) in [5, 5.41) is 4.85. The molecule has 146 valence electrons. The van der Waals surface area contributed by atoms with Crippen LogP contribution in [0.4, 0.5) is 0 Å². The number of aromatic nitrogens is 3. The van der Waals surface area contributed by atoms with E-state index >= 15 is 0 Å². The quantitative estimate of drug-likeness (QED) is 0.603. The molecule has 0 radical (unpaired) electrons. The van der Waals surface area contributed by atoms with Gasteiger partial charge in [0.25, 0.3) is 0 Å². The minimum absolute atomic E-state index is 0.385. The Morgan fingerprint density at radius 2 is 1.89 bits per heavy atom. The number of hydrogen-bond acceptors (Lipinski definition) is 2. The Morgan fingerprint density at radius 3 is 2.54 bits per heavy atom. The average Bonchev–Trinajstić information content (AvgIpc) is 3.61. The predicted molar refractivity (Wildman–Crippen MR) is 113 cm³/mol. The van der Waals surface area contributed by atoms with Gasteiger partial charge in [-0.05, 0) is 106 Å². The summed E-state index contributed by atoms with van der Waals surface area (Å²) in [6, 6.07) is 9.26. The van der Waals surface area contributed by atoms with Gasteiger partial charge in [-0.15, -0.1) is 0 Å². The van der Waals surface area contributed by atoms with Crippen molar-refractivity contribution in [2.24, 2.45) is 17.3 Å². The Kier molecular flexibility index (Phi) is 3.67. The van der Waals surface area contributed by atoms with E-state index in [9.17, 15) is 0 Å². The van der Waals surface area contributed by atoms with Crippen LogP contribution in [0.3, 0.4) is 0 Å². The molecule has 0 N–H and O–H groups in total. The van der Waals surface area contributed by atoms with Crippen LogP contribution in [-0.2, 0) is 0 Å². The molecule has 2 aromatic heterocycles. The summed E-state index contributed by atoms with van der Waals surface area (Å²) < 4.78 is 2.16. The van der Waals surface area contributed by atoms with Gasteiger partial charge in [0.2, 0.25) is 0 Å². The smallest absolute Gasteiger partial charge is 0.0661 e. The zero-order valence-electron chi connectivity index (χ0n) is 17.1. The van der Waals surface area contributed by atoms with Crippen molar-refractivity contribution in [3.05, 3.63) is 47.0 Å². The Labute approximate surface area is 168 Å². The highest BCUT2D eigenvalue weighted by Crippen LogP contribution is 2.74. The maximum atomic E-state index is 5.03. The third kappa shape index (κ3) is 2.62. The van der Waals surface area contributed by atoms with Crippen LogP contribution in [-0.4, -0.2) is 14.8 Å². The molecular formula is C25H31N3. The molecule has 4 fully saturated rings. The van der Waals surface area contributed by atoms with Crippen molar-refractivity contribution in [2.45, 2.75) is 76.7 Å². The van der Waals surface area contributed by atoms with Crippen molar-refractivity contribution in [1.29, 1.82) is 0 Å². The van der Waals surface area contributed by atoms with Gasteiger partial charge in [0.05, 0.1) is 17.1 Å². The molecule has 0 bridgehead atoms. The predicted octanol–water partition coefficient (Wildman–Crippen LogP) is 6.20. The Balaban J connectivity index is 1.21. The summed E-state index contributed by atoms with van der Waals surface area (Å²) in [4.78, 5) is 5.03. The van der Waals surface area contributed by atoms with Crippen molar-refractivity contribution in [3.8, 4) is 0 Å². The van der Waals surface area contributed by atoms with Gasteiger partial charge < -0.3 is 0 Å². The lowest BCUT2D eigenvalue weighted by molar-refractivity contribution is -0.0955. The molecule has 4 aliphatic carbocycles. The first-order valence-electron chi connectivity index (χ1n) is 11.4. The molecule has 2 heterocycles. The molecule has 0 aromatic carbocycles. The first-order valence-corrected chi connectivity index (χ1v) is 11.4. The van der Waals surface area contributed by atoms with Crippen LogP contribution < -0.4 is 0 Å². The van der Waals surface area contributed by atoms with Gasteiger partial charge in [-0.25, -0.2) is 0 Å². The molecule has 2 aromatic rings. The van der Waals surface area contributed by atoms with E-state index in [1.54, 1.807) is 0 Å². The van der Waals surface area contributed by atoms with E-state index in [1.807, 2.05) is 0 Å². The van der Waals surface area contributed by atoms with Gasteiger partial charge in [-0.2, -0.15) is 5.10 Å². The molecular weight excluding hydrogens is 342 g/mol. The first kappa shape index (κ1) is 17.0. The van der Waals surface area contributed by atoms with Crippen molar-refractivity contribution >= 4 is 12.2 Å². The van der Waals surface area contributed by atoms with Crippen molar-refractivity contribution in [2.75, 3.05) is 0 Å². The van der Waals surface area contributed by atoms with Gasteiger partial charge in [0.1, 0.15) is 0 Å². The van der Waals surface area contributed by atoms with E-state index in [1.165, 1.54) is 62.0 Å². The lowest BCUT2D eigenvalue weighted by atomic mass is 9.45. The normalized spacial score (nSPS) is 33.6. The summed E-state index contributed by atoms with van der Waals surface area (Å²) in [5.74, 6) is 3.40. The van der Waals surface area contributed by atoms with E-state index in [0.717, 1.165) is 28.9 Å². The topological polar surface area (TPSA) is 30.7 Å². The fraction of sp³-hybridized carbons (Fsp3) is 0.600. The number of fused-ring (bicyclic) bond motifs is 1. The van der Waals surface area contributed by atoms with E-state index in [4.69, 9.17) is 10.1 Å². The molecule has 0 aliphatic heterocycles. The third-order valence-corrected chi connectivity index (χ3v) is 8.12. The summed E-state index contributed by atoms with van der Waals surface area (Å²) in [5.41, 5.74) is 5.63. The zero-order valence-corrected chi connectivity index (χ0v) is 17.1. The molecule has 4 saturated carbocycles. The maximum absolute atomic E-state index is 5.03. The van der Waals surface area contributed by atoms with Crippen molar-refractivity contribution in [1.82, 2.24) is 14.8 Å². The standard InChI is InChI=1S/C25H31N3/c1-16(2)28-20(14-24(27-28)17-6-7-17)9-8-19-4-3-5-23(26-19)21-15-22(21)25-12-10-18(25)11-13-25/h3-5,8-9,14,16-18,21-22H,6-7,10-13,15H2,1-2H3/b9-8+. The molecule has 6 rings (SSSR count). The van der Waals surface area contributed by atoms with E-state index in [2.05, 4.69) is 54.9 Å². The third-order valence-electron chi connectivity index (χ3n) is 8.12. The average molecular weight is 374 g/mol.